The fourth-order valence-electron chi connectivity index (χ4n) is 2.21. The van der Waals surface area contributed by atoms with Crippen LogP contribution in [0.4, 0.5) is 5.69 Å². The van der Waals surface area contributed by atoms with Crippen molar-refractivity contribution in [1.29, 1.82) is 0 Å². The maximum Gasteiger partial charge on any atom is 0.271 e. The van der Waals surface area contributed by atoms with E-state index in [1.165, 1.54) is 19.3 Å². The maximum atomic E-state index is 10.8. The molecular weight excluding hydrogens is 216 g/mol. The molecule has 0 aliphatic heterocycles. The first-order chi connectivity index (χ1) is 8.24. The van der Waals surface area contributed by atoms with Gasteiger partial charge in [-0.15, -0.1) is 0 Å². The molecule has 0 unspecified atom stereocenters. The molecule has 0 radical (unpaired) electrons. The highest BCUT2D eigenvalue weighted by Gasteiger charge is 2.20. The Bertz CT molecular complexity index is 570. The monoisotopic (exact) mass is 230 g/mol. The molecular formula is C13H14N2O2. The van der Waals surface area contributed by atoms with Crippen molar-refractivity contribution in [2.75, 3.05) is 0 Å². The van der Waals surface area contributed by atoms with Crippen molar-refractivity contribution in [3.63, 3.8) is 0 Å². The quantitative estimate of drug-likeness (QED) is 0.597. The van der Waals surface area contributed by atoms with Crippen molar-refractivity contribution in [1.82, 2.24) is 4.57 Å². The number of nitro groups is 1. The van der Waals surface area contributed by atoms with Crippen LogP contribution in [0.5, 0.6) is 0 Å². The molecule has 88 valence electrons. The SMILES string of the molecule is O=[N+]([O-])c1ccc2ccn(CCC3CC3)c2c1. The molecule has 0 N–H and O–H groups in total. The third kappa shape index (κ3) is 2.02. The van der Waals surface area contributed by atoms with E-state index in [4.69, 9.17) is 0 Å². The van der Waals surface area contributed by atoms with Gasteiger partial charge < -0.3 is 4.57 Å². The second kappa shape index (κ2) is 3.87. The third-order valence-corrected chi connectivity index (χ3v) is 3.44. The van der Waals surface area contributed by atoms with Gasteiger partial charge in [0.15, 0.2) is 0 Å². The average Bonchev–Trinajstić information content (AvgIpc) is 3.06. The van der Waals surface area contributed by atoms with Crippen LogP contribution in [0.25, 0.3) is 10.9 Å². The number of benzene rings is 1. The Labute approximate surface area is 99.0 Å². The van der Waals surface area contributed by atoms with Crippen molar-refractivity contribution in [3.05, 3.63) is 40.6 Å². The number of fused-ring (bicyclic) bond motifs is 1. The van der Waals surface area contributed by atoms with E-state index in [1.54, 1.807) is 12.1 Å². The van der Waals surface area contributed by atoms with E-state index in [1.807, 2.05) is 18.3 Å². The largest absolute Gasteiger partial charge is 0.347 e. The standard InChI is InChI=1S/C13H14N2O2/c16-15(17)12-4-3-11-6-8-14(13(11)9-12)7-5-10-1-2-10/h3-4,6,8-10H,1-2,5,7H2. The molecule has 2 aromatic rings. The summed E-state index contributed by atoms with van der Waals surface area (Å²) in [5.41, 5.74) is 1.14. The van der Waals surface area contributed by atoms with Crippen LogP contribution in [0.2, 0.25) is 0 Å². The lowest BCUT2D eigenvalue weighted by atomic mass is 10.2. The highest BCUT2D eigenvalue weighted by Crippen LogP contribution is 2.33. The fourth-order valence-corrected chi connectivity index (χ4v) is 2.21. The molecule has 1 aromatic heterocycles. The van der Waals surface area contributed by atoms with Gasteiger partial charge in [0.2, 0.25) is 0 Å². The minimum Gasteiger partial charge on any atom is -0.347 e. The normalized spacial score (nSPS) is 15.3. The Kier molecular flexibility index (Phi) is 2.35. The summed E-state index contributed by atoms with van der Waals surface area (Å²) in [7, 11) is 0. The van der Waals surface area contributed by atoms with Gasteiger partial charge in [-0.2, -0.15) is 0 Å². The van der Waals surface area contributed by atoms with Gasteiger partial charge in [0.25, 0.3) is 5.69 Å². The van der Waals surface area contributed by atoms with Crippen molar-refractivity contribution >= 4 is 16.6 Å². The van der Waals surface area contributed by atoms with E-state index in [-0.39, 0.29) is 10.6 Å². The highest BCUT2D eigenvalue weighted by atomic mass is 16.6. The Morgan fingerprint density at radius 2 is 2.18 bits per heavy atom. The van der Waals surface area contributed by atoms with Crippen molar-refractivity contribution in [3.8, 4) is 0 Å². The van der Waals surface area contributed by atoms with Gasteiger partial charge in [-0.1, -0.05) is 12.8 Å². The molecule has 1 heterocycles. The number of aryl methyl sites for hydroxylation is 1. The molecule has 1 aliphatic carbocycles. The van der Waals surface area contributed by atoms with Crippen LogP contribution in [-0.4, -0.2) is 9.49 Å². The summed E-state index contributed by atoms with van der Waals surface area (Å²) < 4.78 is 2.13. The van der Waals surface area contributed by atoms with Crippen LogP contribution in [0.15, 0.2) is 30.5 Å². The minimum atomic E-state index is -0.336. The number of non-ortho nitro benzene ring substituents is 1. The Morgan fingerprint density at radius 1 is 1.35 bits per heavy atom. The number of rotatable bonds is 4. The van der Waals surface area contributed by atoms with Crippen LogP contribution >= 0.6 is 0 Å². The summed E-state index contributed by atoms with van der Waals surface area (Å²) in [5, 5.41) is 11.8. The maximum absolute atomic E-state index is 10.8. The van der Waals surface area contributed by atoms with Gasteiger partial charge in [0.05, 0.1) is 10.4 Å². The van der Waals surface area contributed by atoms with Crippen LogP contribution in [0.1, 0.15) is 19.3 Å². The molecule has 0 atom stereocenters. The predicted octanol–water partition coefficient (Wildman–Crippen LogP) is 3.35. The van der Waals surface area contributed by atoms with Crippen molar-refractivity contribution < 1.29 is 4.92 Å². The van der Waals surface area contributed by atoms with Gasteiger partial charge in [-0.05, 0) is 24.5 Å². The Balaban J connectivity index is 1.93. The third-order valence-electron chi connectivity index (χ3n) is 3.44. The van der Waals surface area contributed by atoms with E-state index < -0.39 is 0 Å². The van der Waals surface area contributed by atoms with Crippen LogP contribution < -0.4 is 0 Å². The van der Waals surface area contributed by atoms with Crippen LogP contribution in [0, 0.1) is 16.0 Å². The molecule has 1 saturated carbocycles. The number of nitro benzene ring substituents is 1. The van der Waals surface area contributed by atoms with Gasteiger partial charge in [0.1, 0.15) is 0 Å². The number of hydrogen-bond donors (Lipinski definition) is 0. The molecule has 4 nitrogen and oxygen atoms in total. The summed E-state index contributed by atoms with van der Waals surface area (Å²) in [4.78, 5) is 10.4. The molecule has 1 fully saturated rings. The molecule has 3 rings (SSSR count). The molecule has 1 aliphatic rings. The molecule has 0 saturated heterocycles. The van der Waals surface area contributed by atoms with Crippen LogP contribution in [0.3, 0.4) is 0 Å². The number of aromatic nitrogens is 1. The second-order valence-corrected chi connectivity index (χ2v) is 4.74. The van der Waals surface area contributed by atoms with Gasteiger partial charge >= 0.3 is 0 Å². The Hall–Kier alpha value is -1.84. The van der Waals surface area contributed by atoms with Gasteiger partial charge in [-0.25, -0.2) is 0 Å². The van der Waals surface area contributed by atoms with E-state index in [9.17, 15) is 10.1 Å². The number of nitrogens with zero attached hydrogens (tertiary/aromatic N) is 2. The summed E-state index contributed by atoms with van der Waals surface area (Å²) in [5.74, 6) is 0.881. The van der Waals surface area contributed by atoms with Crippen molar-refractivity contribution in [2.24, 2.45) is 5.92 Å². The molecule has 0 spiro atoms. The fraction of sp³-hybridized carbons (Fsp3) is 0.385. The summed E-state index contributed by atoms with van der Waals surface area (Å²) >= 11 is 0. The molecule has 4 heteroatoms. The topological polar surface area (TPSA) is 48.1 Å². The summed E-state index contributed by atoms with van der Waals surface area (Å²) in [6.07, 6.45) is 5.90. The van der Waals surface area contributed by atoms with E-state index in [2.05, 4.69) is 4.57 Å². The van der Waals surface area contributed by atoms with Crippen LogP contribution in [-0.2, 0) is 6.54 Å². The molecule has 0 amide bonds. The van der Waals surface area contributed by atoms with E-state index in [0.29, 0.717) is 0 Å². The van der Waals surface area contributed by atoms with Gasteiger partial charge in [-0.3, -0.25) is 10.1 Å². The highest BCUT2D eigenvalue weighted by molar-refractivity contribution is 5.82. The second-order valence-electron chi connectivity index (χ2n) is 4.74. The lowest BCUT2D eigenvalue weighted by Gasteiger charge is -2.04. The smallest absolute Gasteiger partial charge is 0.271 e. The first-order valence-electron chi connectivity index (χ1n) is 5.97. The number of hydrogen-bond acceptors (Lipinski definition) is 2. The lowest BCUT2D eigenvalue weighted by molar-refractivity contribution is -0.384. The zero-order valence-electron chi connectivity index (χ0n) is 9.50. The van der Waals surface area contributed by atoms with E-state index >= 15 is 0 Å². The zero-order chi connectivity index (χ0) is 11.8. The first kappa shape index (κ1) is 10.3. The molecule has 1 aromatic carbocycles. The summed E-state index contributed by atoms with van der Waals surface area (Å²) in [6, 6.07) is 7.07. The lowest BCUT2D eigenvalue weighted by Crippen LogP contribution is -1.97. The first-order valence-corrected chi connectivity index (χ1v) is 5.97. The summed E-state index contributed by atoms with van der Waals surface area (Å²) in [6.45, 7) is 0.968. The molecule has 0 bridgehead atoms. The van der Waals surface area contributed by atoms with E-state index in [0.717, 1.165) is 23.4 Å². The zero-order valence-corrected chi connectivity index (χ0v) is 9.50. The average molecular weight is 230 g/mol. The van der Waals surface area contributed by atoms with Crippen molar-refractivity contribution in [2.45, 2.75) is 25.8 Å². The molecule has 17 heavy (non-hydrogen) atoms. The predicted molar refractivity (Wildman–Crippen MR) is 65.9 cm³/mol. The minimum absolute atomic E-state index is 0.170. The van der Waals surface area contributed by atoms with Gasteiger partial charge in [0, 0.05) is 30.3 Å². The Morgan fingerprint density at radius 3 is 2.88 bits per heavy atom.